The molecule has 0 aliphatic rings. The van der Waals surface area contributed by atoms with E-state index >= 15 is 0 Å². The maximum Gasteiger partial charge on any atom is 0.319 e. The SMILES string of the molecule is Cc1ccc(NC(=O)NC(CCc2ccccc2)c2ccccc2)cc1. The number of benzene rings is 3. The summed E-state index contributed by atoms with van der Waals surface area (Å²) in [5, 5.41) is 6.03. The van der Waals surface area contributed by atoms with E-state index in [0.717, 1.165) is 24.1 Å². The van der Waals surface area contributed by atoms with E-state index in [1.165, 1.54) is 11.1 Å². The molecule has 2 amide bonds. The maximum absolute atomic E-state index is 12.5. The van der Waals surface area contributed by atoms with Crippen molar-refractivity contribution in [1.29, 1.82) is 0 Å². The van der Waals surface area contributed by atoms with Crippen molar-refractivity contribution in [3.63, 3.8) is 0 Å². The Balaban J connectivity index is 1.66. The van der Waals surface area contributed by atoms with Crippen molar-refractivity contribution >= 4 is 11.7 Å². The number of amides is 2. The van der Waals surface area contributed by atoms with Gasteiger partial charge in [-0.15, -0.1) is 0 Å². The van der Waals surface area contributed by atoms with Crippen LogP contribution < -0.4 is 10.6 Å². The number of hydrogen-bond donors (Lipinski definition) is 2. The average Bonchev–Trinajstić information content (AvgIpc) is 2.68. The van der Waals surface area contributed by atoms with Gasteiger partial charge in [0.1, 0.15) is 0 Å². The quantitative estimate of drug-likeness (QED) is 0.610. The Labute approximate surface area is 155 Å². The smallest absolute Gasteiger partial charge is 0.319 e. The number of nitrogens with one attached hydrogen (secondary N) is 2. The normalized spacial score (nSPS) is 11.6. The zero-order valence-corrected chi connectivity index (χ0v) is 15.0. The van der Waals surface area contributed by atoms with Crippen molar-refractivity contribution in [1.82, 2.24) is 5.32 Å². The second kappa shape index (κ2) is 8.86. The van der Waals surface area contributed by atoms with E-state index < -0.39 is 0 Å². The predicted molar refractivity (Wildman–Crippen MR) is 107 cm³/mol. The first kappa shape index (κ1) is 17.7. The molecular formula is C23H24N2O. The second-order valence-electron chi connectivity index (χ2n) is 6.45. The molecule has 0 radical (unpaired) electrons. The van der Waals surface area contributed by atoms with Crippen molar-refractivity contribution in [3.8, 4) is 0 Å². The van der Waals surface area contributed by atoms with Gasteiger partial charge in [-0.3, -0.25) is 0 Å². The zero-order valence-electron chi connectivity index (χ0n) is 15.0. The highest BCUT2D eigenvalue weighted by Crippen LogP contribution is 2.20. The van der Waals surface area contributed by atoms with Gasteiger partial charge in [-0.05, 0) is 43.0 Å². The molecule has 3 aromatic carbocycles. The topological polar surface area (TPSA) is 41.1 Å². The fourth-order valence-corrected chi connectivity index (χ4v) is 2.93. The van der Waals surface area contributed by atoms with Crippen molar-refractivity contribution in [2.24, 2.45) is 0 Å². The molecule has 0 saturated carbocycles. The molecule has 3 aromatic rings. The molecule has 0 saturated heterocycles. The predicted octanol–water partition coefficient (Wildman–Crippen LogP) is 5.49. The molecule has 2 N–H and O–H groups in total. The molecule has 0 spiro atoms. The summed E-state index contributed by atoms with van der Waals surface area (Å²) in [6.07, 6.45) is 1.75. The van der Waals surface area contributed by atoms with Crippen LogP contribution in [0, 0.1) is 6.92 Å². The van der Waals surface area contributed by atoms with E-state index in [1.54, 1.807) is 0 Å². The van der Waals surface area contributed by atoms with Crippen LogP contribution >= 0.6 is 0 Å². The summed E-state index contributed by atoms with van der Waals surface area (Å²) in [5.41, 5.74) is 4.35. The van der Waals surface area contributed by atoms with E-state index in [-0.39, 0.29) is 12.1 Å². The van der Waals surface area contributed by atoms with E-state index in [0.29, 0.717) is 0 Å². The zero-order chi connectivity index (χ0) is 18.2. The van der Waals surface area contributed by atoms with E-state index in [9.17, 15) is 4.79 Å². The number of rotatable bonds is 6. The fourth-order valence-electron chi connectivity index (χ4n) is 2.93. The van der Waals surface area contributed by atoms with Gasteiger partial charge < -0.3 is 10.6 Å². The van der Waals surface area contributed by atoms with Crippen molar-refractivity contribution in [2.45, 2.75) is 25.8 Å². The lowest BCUT2D eigenvalue weighted by molar-refractivity contribution is 0.248. The van der Waals surface area contributed by atoms with E-state index in [2.05, 4.69) is 34.9 Å². The van der Waals surface area contributed by atoms with Gasteiger partial charge in [0.05, 0.1) is 6.04 Å². The minimum Gasteiger partial charge on any atom is -0.331 e. The van der Waals surface area contributed by atoms with Gasteiger partial charge in [0, 0.05) is 5.69 Å². The van der Waals surface area contributed by atoms with Crippen LogP contribution in [0.2, 0.25) is 0 Å². The van der Waals surface area contributed by atoms with Crippen LogP contribution in [0.3, 0.4) is 0 Å². The number of carbonyl (C=O) groups excluding carboxylic acids is 1. The summed E-state index contributed by atoms with van der Waals surface area (Å²) in [6.45, 7) is 2.03. The van der Waals surface area contributed by atoms with Gasteiger partial charge in [-0.2, -0.15) is 0 Å². The van der Waals surface area contributed by atoms with Crippen LogP contribution in [0.4, 0.5) is 10.5 Å². The number of anilines is 1. The second-order valence-corrected chi connectivity index (χ2v) is 6.45. The Morgan fingerprint density at radius 1 is 0.846 bits per heavy atom. The van der Waals surface area contributed by atoms with Gasteiger partial charge >= 0.3 is 6.03 Å². The number of urea groups is 1. The fraction of sp³-hybridized carbons (Fsp3) is 0.174. The maximum atomic E-state index is 12.5. The molecule has 3 nitrogen and oxygen atoms in total. The molecule has 0 aliphatic heterocycles. The number of aryl methyl sites for hydroxylation is 2. The van der Waals surface area contributed by atoms with Crippen molar-refractivity contribution in [2.75, 3.05) is 5.32 Å². The largest absolute Gasteiger partial charge is 0.331 e. The van der Waals surface area contributed by atoms with Crippen molar-refractivity contribution in [3.05, 3.63) is 102 Å². The third kappa shape index (κ3) is 5.21. The lowest BCUT2D eigenvalue weighted by atomic mass is 9.99. The van der Waals surface area contributed by atoms with Crippen LogP contribution in [0.15, 0.2) is 84.9 Å². The molecule has 0 fully saturated rings. The van der Waals surface area contributed by atoms with E-state index in [4.69, 9.17) is 0 Å². The Kier molecular flexibility index (Phi) is 6.05. The summed E-state index contributed by atoms with van der Waals surface area (Å²) in [6, 6.07) is 28.0. The molecule has 3 heteroatoms. The molecule has 26 heavy (non-hydrogen) atoms. The molecule has 0 aromatic heterocycles. The summed E-state index contributed by atoms with van der Waals surface area (Å²) >= 11 is 0. The first-order valence-corrected chi connectivity index (χ1v) is 8.94. The third-order valence-electron chi connectivity index (χ3n) is 4.38. The molecule has 132 valence electrons. The average molecular weight is 344 g/mol. The van der Waals surface area contributed by atoms with Crippen LogP contribution in [0.5, 0.6) is 0 Å². The minimum atomic E-state index is -0.184. The molecule has 1 unspecified atom stereocenters. The minimum absolute atomic E-state index is 0.0399. The summed E-state index contributed by atoms with van der Waals surface area (Å²) in [5.74, 6) is 0. The highest BCUT2D eigenvalue weighted by molar-refractivity contribution is 5.89. The third-order valence-corrected chi connectivity index (χ3v) is 4.38. The van der Waals surface area contributed by atoms with Crippen LogP contribution in [-0.2, 0) is 6.42 Å². The molecule has 3 rings (SSSR count). The number of carbonyl (C=O) groups is 1. The lowest BCUT2D eigenvalue weighted by Crippen LogP contribution is -2.32. The monoisotopic (exact) mass is 344 g/mol. The van der Waals surface area contributed by atoms with Gasteiger partial charge in [-0.25, -0.2) is 4.79 Å². The Hall–Kier alpha value is -3.07. The Bertz CT molecular complexity index is 814. The summed E-state index contributed by atoms with van der Waals surface area (Å²) in [4.78, 5) is 12.5. The standard InChI is InChI=1S/C23H24N2O/c1-18-12-15-21(16-13-18)24-23(26)25-22(20-10-6-3-7-11-20)17-14-19-8-4-2-5-9-19/h2-13,15-16,22H,14,17H2,1H3,(H2,24,25,26). The summed E-state index contributed by atoms with van der Waals surface area (Å²) < 4.78 is 0. The molecule has 0 heterocycles. The molecular weight excluding hydrogens is 320 g/mol. The molecule has 1 atom stereocenters. The first-order chi connectivity index (χ1) is 12.7. The highest BCUT2D eigenvalue weighted by Gasteiger charge is 2.14. The van der Waals surface area contributed by atoms with Gasteiger partial charge in [-0.1, -0.05) is 78.4 Å². The Morgan fingerprint density at radius 2 is 1.46 bits per heavy atom. The van der Waals surface area contributed by atoms with E-state index in [1.807, 2.05) is 67.6 Å². The number of hydrogen-bond acceptors (Lipinski definition) is 1. The lowest BCUT2D eigenvalue weighted by Gasteiger charge is -2.20. The van der Waals surface area contributed by atoms with Gasteiger partial charge in [0.25, 0.3) is 0 Å². The van der Waals surface area contributed by atoms with Gasteiger partial charge in [0.2, 0.25) is 0 Å². The molecule has 0 bridgehead atoms. The highest BCUT2D eigenvalue weighted by atomic mass is 16.2. The molecule has 0 aliphatic carbocycles. The van der Waals surface area contributed by atoms with Crippen LogP contribution in [0.25, 0.3) is 0 Å². The van der Waals surface area contributed by atoms with Crippen molar-refractivity contribution < 1.29 is 4.79 Å². The Morgan fingerprint density at radius 3 is 2.12 bits per heavy atom. The van der Waals surface area contributed by atoms with Gasteiger partial charge in [0.15, 0.2) is 0 Å². The van der Waals surface area contributed by atoms with Crippen LogP contribution in [0.1, 0.15) is 29.2 Å². The van der Waals surface area contributed by atoms with Crippen LogP contribution in [-0.4, -0.2) is 6.03 Å². The summed E-state index contributed by atoms with van der Waals surface area (Å²) in [7, 11) is 0. The first-order valence-electron chi connectivity index (χ1n) is 8.94.